The third-order valence-electron chi connectivity index (χ3n) is 2.82. The van der Waals surface area contributed by atoms with Crippen molar-refractivity contribution in [2.75, 3.05) is 67.0 Å². The molecule has 0 fully saturated rings. The van der Waals surface area contributed by atoms with Crippen molar-refractivity contribution in [3.8, 4) is 0 Å². The van der Waals surface area contributed by atoms with Gasteiger partial charge in [-0.15, -0.1) is 0 Å². The van der Waals surface area contributed by atoms with Gasteiger partial charge in [0.2, 0.25) is 0 Å². The zero-order valence-corrected chi connectivity index (χ0v) is 13.2. The number of hydrogen-bond donors (Lipinski definition) is 0. The van der Waals surface area contributed by atoms with Crippen molar-refractivity contribution in [3.63, 3.8) is 0 Å². The molecule has 0 unspecified atom stereocenters. The average molecular weight is 277 g/mol. The van der Waals surface area contributed by atoms with Crippen LogP contribution in [0.1, 0.15) is 20.8 Å². The molecule has 0 aromatic heterocycles. The molecule has 0 amide bonds. The predicted octanol–water partition coefficient (Wildman–Crippen LogP) is 1.41. The molecule has 0 bridgehead atoms. The molecule has 0 aliphatic carbocycles. The lowest BCUT2D eigenvalue weighted by atomic mass is 10.1. The number of ether oxygens (including phenoxy) is 4. The van der Waals surface area contributed by atoms with Gasteiger partial charge in [-0.2, -0.15) is 0 Å². The van der Waals surface area contributed by atoms with Gasteiger partial charge in [0, 0.05) is 32.8 Å². The van der Waals surface area contributed by atoms with Gasteiger partial charge in [0.15, 0.2) is 0 Å². The Morgan fingerprint density at radius 3 is 1.42 bits per heavy atom. The van der Waals surface area contributed by atoms with Crippen molar-refractivity contribution in [2.45, 2.75) is 26.3 Å². The van der Waals surface area contributed by atoms with Gasteiger partial charge >= 0.3 is 0 Å². The Morgan fingerprint density at radius 2 is 1.11 bits per heavy atom. The Bertz CT molecular complexity index is 180. The van der Waals surface area contributed by atoms with E-state index in [1.165, 1.54) is 0 Å². The third-order valence-corrected chi connectivity index (χ3v) is 2.82. The average Bonchev–Trinajstić information content (AvgIpc) is 2.34. The van der Waals surface area contributed by atoms with Crippen LogP contribution in [0.2, 0.25) is 0 Å². The molecule has 0 aliphatic rings. The summed E-state index contributed by atoms with van der Waals surface area (Å²) in [4.78, 5) is 2.37. The van der Waals surface area contributed by atoms with Gasteiger partial charge in [-0.1, -0.05) is 0 Å². The Morgan fingerprint density at radius 1 is 0.684 bits per heavy atom. The van der Waals surface area contributed by atoms with Crippen molar-refractivity contribution >= 4 is 0 Å². The minimum absolute atomic E-state index is 0.120. The first-order valence-corrected chi connectivity index (χ1v) is 6.90. The van der Waals surface area contributed by atoms with E-state index in [0.29, 0.717) is 26.4 Å². The van der Waals surface area contributed by atoms with Crippen LogP contribution in [-0.2, 0) is 18.9 Å². The molecule has 0 heterocycles. The topological polar surface area (TPSA) is 40.2 Å². The van der Waals surface area contributed by atoms with E-state index in [9.17, 15) is 0 Å². The first-order valence-electron chi connectivity index (χ1n) is 6.90. The maximum Gasteiger partial charge on any atom is 0.0700 e. The molecule has 0 saturated carbocycles. The predicted molar refractivity (Wildman–Crippen MR) is 76.7 cm³/mol. The molecule has 0 N–H and O–H groups in total. The largest absolute Gasteiger partial charge is 0.382 e. The molecular weight excluding hydrogens is 246 g/mol. The first kappa shape index (κ1) is 18.8. The standard InChI is InChI=1S/C14H31NO4/c1-14(2,3)15(6-8-18-12-10-16-4)7-9-19-13-11-17-5/h6-13H2,1-5H3. The fourth-order valence-corrected chi connectivity index (χ4v) is 1.62. The highest BCUT2D eigenvalue weighted by Crippen LogP contribution is 2.12. The van der Waals surface area contributed by atoms with Crippen molar-refractivity contribution in [2.24, 2.45) is 0 Å². The number of nitrogens with zero attached hydrogens (tertiary/aromatic N) is 1. The monoisotopic (exact) mass is 277 g/mol. The van der Waals surface area contributed by atoms with Crippen LogP contribution < -0.4 is 0 Å². The number of rotatable bonds is 12. The maximum atomic E-state index is 5.52. The number of methoxy groups -OCH3 is 2. The van der Waals surface area contributed by atoms with E-state index in [2.05, 4.69) is 25.7 Å². The second-order valence-corrected chi connectivity index (χ2v) is 5.37. The zero-order chi connectivity index (χ0) is 14.6. The summed E-state index contributed by atoms with van der Waals surface area (Å²) in [5.74, 6) is 0. The Hall–Kier alpha value is -0.200. The fraction of sp³-hybridized carbons (Fsp3) is 1.00. The molecule has 0 aliphatic heterocycles. The van der Waals surface area contributed by atoms with Gasteiger partial charge in [-0.05, 0) is 20.8 Å². The minimum atomic E-state index is 0.120. The molecule has 5 heteroatoms. The lowest BCUT2D eigenvalue weighted by Gasteiger charge is -2.35. The van der Waals surface area contributed by atoms with Crippen molar-refractivity contribution in [3.05, 3.63) is 0 Å². The smallest absolute Gasteiger partial charge is 0.0700 e. The van der Waals surface area contributed by atoms with Crippen LogP contribution in [0.15, 0.2) is 0 Å². The maximum absolute atomic E-state index is 5.52. The zero-order valence-electron chi connectivity index (χ0n) is 13.2. The summed E-state index contributed by atoms with van der Waals surface area (Å²) in [5.41, 5.74) is 0.120. The number of hydrogen-bond acceptors (Lipinski definition) is 5. The van der Waals surface area contributed by atoms with Crippen LogP contribution >= 0.6 is 0 Å². The Balaban J connectivity index is 3.77. The Labute approximate surface area is 118 Å². The second kappa shape index (κ2) is 11.6. The van der Waals surface area contributed by atoms with Gasteiger partial charge in [-0.25, -0.2) is 0 Å². The normalized spacial score (nSPS) is 12.3. The summed E-state index contributed by atoms with van der Waals surface area (Å²) in [6.07, 6.45) is 0. The van der Waals surface area contributed by atoms with E-state index in [-0.39, 0.29) is 5.54 Å². The highest BCUT2D eigenvalue weighted by Gasteiger charge is 2.20. The Kier molecular flexibility index (Phi) is 11.5. The molecule has 116 valence electrons. The molecule has 0 radical (unpaired) electrons. The van der Waals surface area contributed by atoms with Crippen LogP contribution in [0.25, 0.3) is 0 Å². The first-order chi connectivity index (χ1) is 9.02. The van der Waals surface area contributed by atoms with E-state index in [4.69, 9.17) is 18.9 Å². The van der Waals surface area contributed by atoms with Gasteiger partial charge in [0.05, 0.1) is 39.6 Å². The van der Waals surface area contributed by atoms with Crippen LogP contribution in [0.4, 0.5) is 0 Å². The molecule has 0 saturated heterocycles. The minimum Gasteiger partial charge on any atom is -0.382 e. The lowest BCUT2D eigenvalue weighted by molar-refractivity contribution is 0.0143. The van der Waals surface area contributed by atoms with Gasteiger partial charge in [0.25, 0.3) is 0 Å². The van der Waals surface area contributed by atoms with Crippen molar-refractivity contribution in [1.29, 1.82) is 0 Å². The highest BCUT2D eigenvalue weighted by atomic mass is 16.5. The van der Waals surface area contributed by atoms with E-state index in [0.717, 1.165) is 26.3 Å². The molecule has 0 atom stereocenters. The summed E-state index contributed by atoms with van der Waals surface area (Å²) >= 11 is 0. The quantitative estimate of drug-likeness (QED) is 0.505. The van der Waals surface area contributed by atoms with Gasteiger partial charge in [-0.3, -0.25) is 4.90 Å². The van der Waals surface area contributed by atoms with Crippen LogP contribution in [0, 0.1) is 0 Å². The summed E-state index contributed by atoms with van der Waals surface area (Å²) in [5, 5.41) is 0. The molecule has 0 aromatic rings. The SMILES string of the molecule is COCCOCCN(CCOCCOC)C(C)(C)C. The van der Waals surface area contributed by atoms with Gasteiger partial charge in [0.1, 0.15) is 0 Å². The molecule has 5 nitrogen and oxygen atoms in total. The van der Waals surface area contributed by atoms with Crippen LogP contribution in [0.5, 0.6) is 0 Å². The van der Waals surface area contributed by atoms with Crippen LogP contribution in [0.3, 0.4) is 0 Å². The summed E-state index contributed by atoms with van der Waals surface area (Å²) in [6.45, 7) is 12.5. The van der Waals surface area contributed by atoms with E-state index < -0.39 is 0 Å². The van der Waals surface area contributed by atoms with E-state index in [1.54, 1.807) is 14.2 Å². The third kappa shape index (κ3) is 11.3. The van der Waals surface area contributed by atoms with E-state index >= 15 is 0 Å². The van der Waals surface area contributed by atoms with Crippen molar-refractivity contribution in [1.82, 2.24) is 4.90 Å². The van der Waals surface area contributed by atoms with Crippen molar-refractivity contribution < 1.29 is 18.9 Å². The summed E-state index contributed by atoms with van der Waals surface area (Å²) in [6, 6.07) is 0. The summed E-state index contributed by atoms with van der Waals surface area (Å²) < 4.78 is 20.9. The fourth-order valence-electron chi connectivity index (χ4n) is 1.62. The molecule has 19 heavy (non-hydrogen) atoms. The molecule has 0 aromatic carbocycles. The van der Waals surface area contributed by atoms with E-state index in [1.807, 2.05) is 0 Å². The second-order valence-electron chi connectivity index (χ2n) is 5.37. The summed E-state index contributed by atoms with van der Waals surface area (Å²) in [7, 11) is 3.37. The highest BCUT2D eigenvalue weighted by molar-refractivity contribution is 4.75. The lowest BCUT2D eigenvalue weighted by Crippen LogP contribution is -2.45. The molecule has 0 rings (SSSR count). The van der Waals surface area contributed by atoms with Crippen LogP contribution in [-0.4, -0.2) is 77.4 Å². The molecule has 0 spiro atoms. The van der Waals surface area contributed by atoms with Gasteiger partial charge < -0.3 is 18.9 Å². The molecular formula is C14H31NO4.